The average molecular weight is 466 g/mol. The van der Waals surface area contributed by atoms with E-state index < -0.39 is 0 Å². The number of piperidine rings is 1. The first-order chi connectivity index (χ1) is 15.9. The minimum absolute atomic E-state index is 0.0426. The summed E-state index contributed by atoms with van der Waals surface area (Å²) in [5.74, 6) is 1.02. The number of carbonyl (C=O) groups excluding carboxylic acids is 1. The van der Waals surface area contributed by atoms with Crippen molar-refractivity contribution >= 4 is 29.3 Å². The molecule has 0 unspecified atom stereocenters. The second-order valence-corrected chi connectivity index (χ2v) is 9.93. The van der Waals surface area contributed by atoms with Crippen LogP contribution in [-0.2, 0) is 0 Å². The van der Waals surface area contributed by atoms with Crippen LogP contribution in [-0.4, -0.2) is 51.1 Å². The third kappa shape index (κ3) is 4.20. The Bertz CT molecular complexity index is 1190. The molecular formula is C24H31N7OS. The first-order valence-electron chi connectivity index (χ1n) is 11.6. The standard InChI is InChI=1S/C24H31N7OS/c1-15-6-7-18(33-26)11-19(15)24(32)30-9-4-3-5-21(30)20-12-22-27-23(16(2)13-31(22)28-20)29-10-8-17(25)14-29/h6-7,11-13,17,21H,3-5,8-10,14,25-26H2,1-2H3/t17-,21-/m0/s1. The van der Waals surface area contributed by atoms with E-state index in [1.165, 1.54) is 0 Å². The highest BCUT2D eigenvalue weighted by Crippen LogP contribution is 2.33. The van der Waals surface area contributed by atoms with Crippen LogP contribution in [0, 0.1) is 13.8 Å². The fraction of sp³-hybridized carbons (Fsp3) is 0.458. The summed E-state index contributed by atoms with van der Waals surface area (Å²) < 4.78 is 1.85. The second-order valence-electron chi connectivity index (χ2n) is 9.22. The molecule has 0 radical (unpaired) electrons. The number of hydrogen-bond donors (Lipinski definition) is 2. The van der Waals surface area contributed by atoms with E-state index in [2.05, 4.69) is 11.8 Å². The highest BCUT2D eigenvalue weighted by atomic mass is 32.2. The van der Waals surface area contributed by atoms with Crippen LogP contribution < -0.4 is 15.8 Å². The predicted molar refractivity (Wildman–Crippen MR) is 131 cm³/mol. The lowest BCUT2D eigenvalue weighted by Crippen LogP contribution is -2.39. The van der Waals surface area contributed by atoms with Crippen molar-refractivity contribution in [2.75, 3.05) is 24.5 Å². The van der Waals surface area contributed by atoms with Crippen LogP contribution in [0.3, 0.4) is 0 Å². The number of nitrogens with zero attached hydrogens (tertiary/aromatic N) is 5. The molecule has 8 nitrogen and oxygen atoms in total. The molecule has 2 aliphatic heterocycles. The molecule has 1 amide bonds. The Morgan fingerprint density at radius 3 is 2.73 bits per heavy atom. The largest absolute Gasteiger partial charge is 0.355 e. The number of rotatable bonds is 4. The van der Waals surface area contributed by atoms with E-state index in [1.807, 2.05) is 46.8 Å². The topological polar surface area (TPSA) is 106 Å². The zero-order chi connectivity index (χ0) is 23.1. The SMILES string of the molecule is Cc1ccc(SN)cc1C(=O)N1CCCC[C@H]1c1cc2nc(N3CC[C@H](N)C3)c(C)cn2n1. The fourth-order valence-electron chi connectivity index (χ4n) is 5.02. The number of benzene rings is 1. The van der Waals surface area contributed by atoms with Crippen LogP contribution in [0.25, 0.3) is 5.65 Å². The zero-order valence-electron chi connectivity index (χ0n) is 19.2. The van der Waals surface area contributed by atoms with Gasteiger partial charge < -0.3 is 15.5 Å². The highest BCUT2D eigenvalue weighted by Gasteiger charge is 2.32. The van der Waals surface area contributed by atoms with Gasteiger partial charge in [0.2, 0.25) is 0 Å². The lowest BCUT2D eigenvalue weighted by Gasteiger charge is -2.35. The Kier molecular flexibility index (Phi) is 6.03. The zero-order valence-corrected chi connectivity index (χ0v) is 20.0. The van der Waals surface area contributed by atoms with Gasteiger partial charge in [-0.3, -0.25) is 9.93 Å². The second kappa shape index (κ2) is 8.96. The summed E-state index contributed by atoms with van der Waals surface area (Å²) in [6.45, 7) is 6.52. The summed E-state index contributed by atoms with van der Waals surface area (Å²) in [6.07, 6.45) is 5.98. The summed E-state index contributed by atoms with van der Waals surface area (Å²) in [4.78, 5) is 23.7. The summed E-state index contributed by atoms with van der Waals surface area (Å²) in [5, 5.41) is 10.6. The maximum absolute atomic E-state index is 13.6. The minimum Gasteiger partial charge on any atom is -0.355 e. The van der Waals surface area contributed by atoms with E-state index in [0.29, 0.717) is 5.56 Å². The molecule has 2 saturated heterocycles. The third-order valence-electron chi connectivity index (χ3n) is 6.83. The minimum atomic E-state index is -0.0644. The third-order valence-corrected chi connectivity index (χ3v) is 7.35. The molecular weight excluding hydrogens is 434 g/mol. The number of fused-ring (bicyclic) bond motifs is 1. The summed E-state index contributed by atoms with van der Waals surface area (Å²) in [7, 11) is 0. The van der Waals surface area contributed by atoms with Crippen molar-refractivity contribution in [3.05, 3.63) is 52.8 Å². The predicted octanol–water partition coefficient (Wildman–Crippen LogP) is 3.22. The van der Waals surface area contributed by atoms with Gasteiger partial charge in [0.25, 0.3) is 5.91 Å². The Hall–Kier alpha value is -2.62. The van der Waals surface area contributed by atoms with Gasteiger partial charge in [0.15, 0.2) is 5.65 Å². The molecule has 174 valence electrons. The molecule has 4 heterocycles. The van der Waals surface area contributed by atoms with Gasteiger partial charge in [-0.05, 0) is 69.2 Å². The van der Waals surface area contributed by atoms with Crippen molar-refractivity contribution in [2.45, 2.75) is 56.5 Å². The molecule has 2 atom stereocenters. The number of aryl methyl sites for hydroxylation is 2. The quantitative estimate of drug-likeness (QED) is 0.570. The van der Waals surface area contributed by atoms with E-state index in [-0.39, 0.29) is 18.0 Å². The molecule has 0 bridgehead atoms. The van der Waals surface area contributed by atoms with Gasteiger partial charge in [0.1, 0.15) is 5.82 Å². The van der Waals surface area contributed by atoms with Crippen LogP contribution in [0.15, 0.2) is 35.4 Å². The van der Waals surface area contributed by atoms with Crippen molar-refractivity contribution in [3.8, 4) is 0 Å². The van der Waals surface area contributed by atoms with Crippen molar-refractivity contribution in [1.82, 2.24) is 19.5 Å². The normalized spacial score (nSPS) is 21.2. The Balaban J connectivity index is 1.48. The Labute approximate surface area is 198 Å². The van der Waals surface area contributed by atoms with Crippen LogP contribution >= 0.6 is 11.9 Å². The van der Waals surface area contributed by atoms with E-state index in [0.717, 1.165) is 90.4 Å². The number of nitrogens with two attached hydrogens (primary N) is 2. The smallest absolute Gasteiger partial charge is 0.254 e. The van der Waals surface area contributed by atoms with Crippen LogP contribution in [0.1, 0.15) is 58.9 Å². The van der Waals surface area contributed by atoms with Crippen LogP contribution in [0.4, 0.5) is 5.82 Å². The van der Waals surface area contributed by atoms with Gasteiger partial charge >= 0.3 is 0 Å². The maximum Gasteiger partial charge on any atom is 0.254 e. The number of amides is 1. The van der Waals surface area contributed by atoms with Gasteiger partial charge in [-0.2, -0.15) is 5.10 Å². The van der Waals surface area contributed by atoms with Crippen molar-refractivity contribution < 1.29 is 4.79 Å². The van der Waals surface area contributed by atoms with Crippen LogP contribution in [0.5, 0.6) is 0 Å². The van der Waals surface area contributed by atoms with Gasteiger partial charge in [-0.1, -0.05) is 6.07 Å². The summed E-state index contributed by atoms with van der Waals surface area (Å²) in [5.41, 5.74) is 10.6. The first-order valence-corrected chi connectivity index (χ1v) is 12.5. The van der Waals surface area contributed by atoms with Gasteiger partial charge in [-0.25, -0.2) is 9.50 Å². The summed E-state index contributed by atoms with van der Waals surface area (Å²) >= 11 is 1.16. The maximum atomic E-state index is 13.6. The molecule has 2 aliphatic rings. The molecule has 0 aliphatic carbocycles. The fourth-order valence-corrected chi connectivity index (χ4v) is 5.36. The van der Waals surface area contributed by atoms with Crippen molar-refractivity contribution in [3.63, 3.8) is 0 Å². The van der Waals surface area contributed by atoms with Gasteiger partial charge in [0, 0.05) is 54.0 Å². The first kappa shape index (κ1) is 22.2. The lowest BCUT2D eigenvalue weighted by molar-refractivity contribution is 0.0604. The van der Waals surface area contributed by atoms with E-state index in [4.69, 9.17) is 21.0 Å². The highest BCUT2D eigenvalue weighted by molar-refractivity contribution is 7.97. The van der Waals surface area contributed by atoms with E-state index in [1.54, 1.807) is 0 Å². The molecule has 33 heavy (non-hydrogen) atoms. The average Bonchev–Trinajstić information content (AvgIpc) is 3.44. The lowest BCUT2D eigenvalue weighted by atomic mass is 9.97. The molecule has 5 rings (SSSR count). The molecule has 3 aromatic rings. The number of anilines is 1. The molecule has 4 N–H and O–H groups in total. The van der Waals surface area contributed by atoms with E-state index in [9.17, 15) is 4.79 Å². The number of carbonyl (C=O) groups is 1. The molecule has 9 heteroatoms. The molecule has 1 aromatic carbocycles. The number of aromatic nitrogens is 3. The number of hydrogen-bond acceptors (Lipinski definition) is 7. The van der Waals surface area contributed by atoms with Crippen molar-refractivity contribution in [1.29, 1.82) is 0 Å². The van der Waals surface area contributed by atoms with Gasteiger partial charge in [-0.15, -0.1) is 0 Å². The van der Waals surface area contributed by atoms with Crippen LogP contribution in [0.2, 0.25) is 0 Å². The molecule has 0 spiro atoms. The molecule has 2 fully saturated rings. The van der Waals surface area contributed by atoms with Gasteiger partial charge in [0.05, 0.1) is 11.7 Å². The monoisotopic (exact) mass is 465 g/mol. The number of likely N-dealkylation sites (tertiary alicyclic amines) is 1. The Morgan fingerprint density at radius 2 is 1.97 bits per heavy atom. The molecule has 0 saturated carbocycles. The Morgan fingerprint density at radius 1 is 1.12 bits per heavy atom. The summed E-state index contributed by atoms with van der Waals surface area (Å²) in [6, 6.07) is 7.98. The van der Waals surface area contributed by atoms with Crippen molar-refractivity contribution in [2.24, 2.45) is 10.9 Å². The van der Waals surface area contributed by atoms with E-state index >= 15 is 0 Å². The molecule has 2 aromatic heterocycles.